The fourth-order valence-electron chi connectivity index (χ4n) is 0.970. The smallest absolute Gasteiger partial charge is 0.165 e. The van der Waals surface area contributed by atoms with Crippen LogP contribution in [0.5, 0.6) is 5.75 Å². The molecule has 0 heterocycles. The number of rotatable bonds is 4. The Labute approximate surface area is 76.1 Å². The molecule has 0 fully saturated rings. The fourth-order valence-corrected chi connectivity index (χ4v) is 0.970. The lowest BCUT2D eigenvalue weighted by molar-refractivity contribution is 0.311. The molecule has 0 aromatic heterocycles. The minimum absolute atomic E-state index is 0.0414. The van der Waals surface area contributed by atoms with Crippen molar-refractivity contribution in [3.63, 3.8) is 0 Å². The molecule has 2 N–H and O–H groups in total. The predicted octanol–water partition coefficient (Wildman–Crippen LogP) is 1.24. The Hall–Kier alpha value is -1.29. The van der Waals surface area contributed by atoms with E-state index in [2.05, 4.69) is 5.32 Å². The molecule has 0 saturated carbocycles. The van der Waals surface area contributed by atoms with Crippen molar-refractivity contribution in [3.05, 3.63) is 24.0 Å². The Balaban J connectivity index is 2.74. The molecule has 72 valence electrons. The Morgan fingerprint density at radius 3 is 2.92 bits per heavy atom. The van der Waals surface area contributed by atoms with Gasteiger partial charge in [0.05, 0.1) is 13.7 Å². The molecule has 3 nitrogen and oxygen atoms in total. The van der Waals surface area contributed by atoms with E-state index in [1.807, 2.05) is 0 Å². The molecule has 0 aliphatic carbocycles. The summed E-state index contributed by atoms with van der Waals surface area (Å²) in [7, 11) is 1.41. The second kappa shape index (κ2) is 4.67. The molecule has 0 radical (unpaired) electrons. The van der Waals surface area contributed by atoms with Crippen molar-refractivity contribution in [3.8, 4) is 5.75 Å². The van der Waals surface area contributed by atoms with Crippen LogP contribution in [-0.4, -0.2) is 25.4 Å². The van der Waals surface area contributed by atoms with E-state index in [4.69, 9.17) is 9.84 Å². The summed E-state index contributed by atoms with van der Waals surface area (Å²) in [6.45, 7) is 0.481. The minimum Gasteiger partial charge on any atom is -0.494 e. The number of nitrogens with one attached hydrogen (secondary N) is 1. The molecule has 0 atom stereocenters. The SMILES string of the molecule is COc1cc(NCCO)ccc1F. The lowest BCUT2D eigenvalue weighted by Gasteiger charge is -2.06. The van der Waals surface area contributed by atoms with Crippen molar-refractivity contribution in [2.75, 3.05) is 25.6 Å². The number of hydrogen-bond donors (Lipinski definition) is 2. The molecule has 0 bridgehead atoms. The number of aliphatic hydroxyl groups excluding tert-OH is 1. The molecule has 13 heavy (non-hydrogen) atoms. The number of halogens is 1. The lowest BCUT2D eigenvalue weighted by atomic mass is 10.3. The van der Waals surface area contributed by atoms with Gasteiger partial charge < -0.3 is 15.2 Å². The van der Waals surface area contributed by atoms with E-state index in [0.717, 1.165) is 5.69 Å². The van der Waals surface area contributed by atoms with Crippen molar-refractivity contribution in [1.82, 2.24) is 0 Å². The van der Waals surface area contributed by atoms with E-state index >= 15 is 0 Å². The molecular weight excluding hydrogens is 173 g/mol. The summed E-state index contributed by atoms with van der Waals surface area (Å²) in [6, 6.07) is 4.46. The highest BCUT2D eigenvalue weighted by molar-refractivity contribution is 5.48. The van der Waals surface area contributed by atoms with E-state index in [9.17, 15) is 4.39 Å². The maximum Gasteiger partial charge on any atom is 0.165 e. The first-order valence-corrected chi connectivity index (χ1v) is 3.96. The second-order valence-corrected chi connectivity index (χ2v) is 2.50. The number of ether oxygens (including phenoxy) is 1. The number of hydrogen-bond acceptors (Lipinski definition) is 3. The van der Waals surface area contributed by atoms with Crippen LogP contribution in [0.3, 0.4) is 0 Å². The number of aliphatic hydroxyl groups is 1. The minimum atomic E-state index is -0.392. The largest absolute Gasteiger partial charge is 0.494 e. The van der Waals surface area contributed by atoms with Crippen LogP contribution in [0.25, 0.3) is 0 Å². The van der Waals surface area contributed by atoms with Crippen LogP contribution in [0, 0.1) is 5.82 Å². The molecule has 0 spiro atoms. The lowest BCUT2D eigenvalue weighted by Crippen LogP contribution is -2.05. The first-order chi connectivity index (χ1) is 6.27. The molecule has 1 aromatic rings. The highest BCUT2D eigenvalue weighted by Crippen LogP contribution is 2.20. The summed E-state index contributed by atoms with van der Waals surface area (Å²) < 4.78 is 17.7. The summed E-state index contributed by atoms with van der Waals surface area (Å²) >= 11 is 0. The average Bonchev–Trinajstić information content (AvgIpc) is 2.16. The van der Waals surface area contributed by atoms with E-state index < -0.39 is 5.82 Å². The van der Waals surface area contributed by atoms with Crippen LogP contribution in [0.4, 0.5) is 10.1 Å². The second-order valence-electron chi connectivity index (χ2n) is 2.50. The molecule has 0 amide bonds. The normalized spacial score (nSPS) is 9.77. The summed E-state index contributed by atoms with van der Waals surface area (Å²) in [5.41, 5.74) is 0.729. The van der Waals surface area contributed by atoms with E-state index in [-0.39, 0.29) is 12.4 Å². The van der Waals surface area contributed by atoms with Crippen molar-refractivity contribution < 1.29 is 14.2 Å². The number of benzene rings is 1. The van der Waals surface area contributed by atoms with Crippen molar-refractivity contribution in [2.45, 2.75) is 0 Å². The molecule has 0 saturated heterocycles. The van der Waals surface area contributed by atoms with Crippen LogP contribution in [0.15, 0.2) is 18.2 Å². The van der Waals surface area contributed by atoms with Crippen molar-refractivity contribution in [1.29, 1.82) is 0 Å². The monoisotopic (exact) mass is 185 g/mol. The summed E-state index contributed by atoms with van der Waals surface area (Å²) in [5, 5.41) is 11.4. The van der Waals surface area contributed by atoms with Gasteiger partial charge in [-0.1, -0.05) is 0 Å². The van der Waals surface area contributed by atoms with Gasteiger partial charge >= 0.3 is 0 Å². The van der Waals surface area contributed by atoms with Gasteiger partial charge in [0.1, 0.15) is 0 Å². The average molecular weight is 185 g/mol. The molecule has 0 aliphatic heterocycles. The van der Waals surface area contributed by atoms with Gasteiger partial charge in [-0.15, -0.1) is 0 Å². The fraction of sp³-hybridized carbons (Fsp3) is 0.333. The van der Waals surface area contributed by atoms with Gasteiger partial charge in [-0.05, 0) is 12.1 Å². The summed E-state index contributed by atoms with van der Waals surface area (Å²) in [5.74, 6) is -0.194. The van der Waals surface area contributed by atoms with Gasteiger partial charge in [0, 0.05) is 18.3 Å². The molecule has 0 aliphatic rings. The standard InChI is InChI=1S/C9H12FNO2/c1-13-9-6-7(11-4-5-12)2-3-8(9)10/h2-3,6,11-12H,4-5H2,1H3. The molecule has 1 aromatic carbocycles. The zero-order valence-electron chi connectivity index (χ0n) is 7.38. The maximum absolute atomic E-state index is 12.9. The third-order valence-corrected chi connectivity index (χ3v) is 1.59. The van der Waals surface area contributed by atoms with Crippen LogP contribution >= 0.6 is 0 Å². The maximum atomic E-state index is 12.9. The van der Waals surface area contributed by atoms with E-state index in [1.54, 1.807) is 12.1 Å². The number of methoxy groups -OCH3 is 1. The Bertz CT molecular complexity index is 278. The quantitative estimate of drug-likeness (QED) is 0.741. The van der Waals surface area contributed by atoms with Gasteiger partial charge in [-0.3, -0.25) is 0 Å². The third-order valence-electron chi connectivity index (χ3n) is 1.59. The van der Waals surface area contributed by atoms with Gasteiger partial charge in [0.15, 0.2) is 11.6 Å². The molecule has 4 heteroatoms. The highest BCUT2D eigenvalue weighted by Gasteiger charge is 2.02. The van der Waals surface area contributed by atoms with E-state index in [0.29, 0.717) is 6.54 Å². The zero-order valence-corrected chi connectivity index (χ0v) is 7.38. The van der Waals surface area contributed by atoms with Crippen LogP contribution in [0.2, 0.25) is 0 Å². The molecular formula is C9H12FNO2. The van der Waals surface area contributed by atoms with Crippen molar-refractivity contribution >= 4 is 5.69 Å². The topological polar surface area (TPSA) is 41.5 Å². The Morgan fingerprint density at radius 1 is 1.54 bits per heavy atom. The van der Waals surface area contributed by atoms with Gasteiger partial charge in [0.25, 0.3) is 0 Å². The van der Waals surface area contributed by atoms with E-state index in [1.165, 1.54) is 13.2 Å². The summed E-state index contributed by atoms with van der Waals surface area (Å²) in [4.78, 5) is 0. The Morgan fingerprint density at radius 2 is 2.31 bits per heavy atom. The molecule has 1 rings (SSSR count). The van der Waals surface area contributed by atoms with Gasteiger partial charge in [-0.2, -0.15) is 0 Å². The van der Waals surface area contributed by atoms with Gasteiger partial charge in [0.2, 0.25) is 0 Å². The van der Waals surface area contributed by atoms with Crippen molar-refractivity contribution in [2.24, 2.45) is 0 Å². The van der Waals surface area contributed by atoms with Crippen LogP contribution in [0.1, 0.15) is 0 Å². The Kier molecular flexibility index (Phi) is 3.52. The first-order valence-electron chi connectivity index (χ1n) is 3.96. The first kappa shape index (κ1) is 9.80. The van der Waals surface area contributed by atoms with Crippen LogP contribution in [-0.2, 0) is 0 Å². The zero-order chi connectivity index (χ0) is 9.68. The predicted molar refractivity (Wildman–Crippen MR) is 48.5 cm³/mol. The number of anilines is 1. The molecule has 0 unspecified atom stereocenters. The highest BCUT2D eigenvalue weighted by atomic mass is 19.1. The third kappa shape index (κ3) is 2.59. The van der Waals surface area contributed by atoms with Gasteiger partial charge in [-0.25, -0.2) is 4.39 Å². The summed E-state index contributed by atoms with van der Waals surface area (Å²) in [6.07, 6.45) is 0. The van der Waals surface area contributed by atoms with Crippen LogP contribution < -0.4 is 10.1 Å².